The van der Waals surface area contributed by atoms with Gasteiger partial charge in [-0.3, -0.25) is 4.79 Å². The normalized spacial score (nSPS) is 11.5. The van der Waals surface area contributed by atoms with E-state index in [1.165, 1.54) is 6.07 Å². The SMILES string of the molecule is NCCCNC(=O)c1ccc(C(F)(F)F)s1. The van der Waals surface area contributed by atoms with Gasteiger partial charge in [0.25, 0.3) is 5.91 Å². The fraction of sp³-hybridized carbons (Fsp3) is 0.444. The van der Waals surface area contributed by atoms with Crippen LogP contribution in [0.4, 0.5) is 13.2 Å². The monoisotopic (exact) mass is 252 g/mol. The number of alkyl halides is 3. The molecule has 3 N–H and O–H groups in total. The minimum Gasteiger partial charge on any atom is -0.351 e. The summed E-state index contributed by atoms with van der Waals surface area (Å²) >= 11 is 0.438. The zero-order valence-corrected chi connectivity index (χ0v) is 9.12. The van der Waals surface area contributed by atoms with Crippen LogP contribution < -0.4 is 11.1 Å². The van der Waals surface area contributed by atoms with Gasteiger partial charge in [-0.2, -0.15) is 13.2 Å². The van der Waals surface area contributed by atoms with E-state index in [1.807, 2.05) is 0 Å². The van der Waals surface area contributed by atoms with Crippen LogP contribution >= 0.6 is 11.3 Å². The molecule has 0 unspecified atom stereocenters. The summed E-state index contributed by atoms with van der Waals surface area (Å²) in [6, 6.07) is 2.08. The Kier molecular flexibility index (Phi) is 4.31. The first-order chi connectivity index (χ1) is 7.45. The van der Waals surface area contributed by atoms with Crippen molar-refractivity contribution in [2.45, 2.75) is 12.6 Å². The molecule has 1 rings (SSSR count). The summed E-state index contributed by atoms with van der Waals surface area (Å²) in [5.74, 6) is -0.492. The number of nitrogens with one attached hydrogen (secondary N) is 1. The van der Waals surface area contributed by atoms with Crippen LogP contribution in [0.1, 0.15) is 21.0 Å². The van der Waals surface area contributed by atoms with Crippen molar-refractivity contribution < 1.29 is 18.0 Å². The second kappa shape index (κ2) is 5.31. The number of hydrogen-bond donors (Lipinski definition) is 2. The molecule has 0 spiro atoms. The Morgan fingerprint density at radius 2 is 2.12 bits per heavy atom. The number of carbonyl (C=O) groups is 1. The zero-order valence-electron chi connectivity index (χ0n) is 8.30. The number of hydrogen-bond acceptors (Lipinski definition) is 3. The summed E-state index contributed by atoms with van der Waals surface area (Å²) in [7, 11) is 0. The summed E-state index contributed by atoms with van der Waals surface area (Å²) < 4.78 is 36.7. The molecule has 1 aromatic rings. The van der Waals surface area contributed by atoms with Gasteiger partial charge < -0.3 is 11.1 Å². The van der Waals surface area contributed by atoms with Crippen LogP contribution in [0, 0.1) is 0 Å². The Labute approximate surface area is 94.4 Å². The van der Waals surface area contributed by atoms with Crippen molar-refractivity contribution >= 4 is 17.2 Å². The summed E-state index contributed by atoms with van der Waals surface area (Å²) in [6.07, 6.45) is -3.79. The smallest absolute Gasteiger partial charge is 0.351 e. The molecule has 0 fully saturated rings. The number of thiophene rings is 1. The highest BCUT2D eigenvalue weighted by Gasteiger charge is 2.33. The van der Waals surface area contributed by atoms with Crippen LogP contribution in [-0.2, 0) is 6.18 Å². The predicted molar refractivity (Wildman–Crippen MR) is 55.3 cm³/mol. The molecule has 0 saturated heterocycles. The number of halogens is 3. The van der Waals surface area contributed by atoms with Crippen molar-refractivity contribution in [2.75, 3.05) is 13.1 Å². The van der Waals surface area contributed by atoms with E-state index in [-0.39, 0.29) is 4.88 Å². The molecule has 3 nitrogen and oxygen atoms in total. The van der Waals surface area contributed by atoms with E-state index >= 15 is 0 Å². The lowest BCUT2D eigenvalue weighted by atomic mass is 10.4. The van der Waals surface area contributed by atoms with E-state index in [0.717, 1.165) is 6.07 Å². The number of rotatable bonds is 4. The van der Waals surface area contributed by atoms with Crippen molar-refractivity contribution in [3.63, 3.8) is 0 Å². The average Bonchev–Trinajstić information content (AvgIpc) is 2.66. The lowest BCUT2D eigenvalue weighted by Crippen LogP contribution is -2.25. The highest BCUT2D eigenvalue weighted by atomic mass is 32.1. The van der Waals surface area contributed by atoms with E-state index in [2.05, 4.69) is 5.32 Å². The Balaban J connectivity index is 2.60. The standard InChI is InChI=1S/C9H11F3N2OS/c10-9(11,12)7-3-2-6(16-7)8(15)14-5-1-4-13/h2-3H,1,4-5,13H2,(H,14,15). The predicted octanol–water partition coefficient (Wildman–Crippen LogP) is 1.85. The van der Waals surface area contributed by atoms with E-state index in [1.54, 1.807) is 0 Å². The van der Waals surface area contributed by atoms with Crippen LogP contribution in [0.15, 0.2) is 12.1 Å². The molecule has 1 amide bonds. The molecule has 16 heavy (non-hydrogen) atoms. The molecule has 0 atom stereocenters. The Hall–Kier alpha value is -1.08. The lowest BCUT2D eigenvalue weighted by Gasteiger charge is -2.02. The number of carbonyl (C=O) groups excluding carboxylic acids is 1. The first-order valence-electron chi connectivity index (χ1n) is 4.60. The van der Waals surface area contributed by atoms with Gasteiger partial charge in [-0.15, -0.1) is 11.3 Å². The molecule has 90 valence electrons. The zero-order chi connectivity index (χ0) is 12.2. The van der Waals surface area contributed by atoms with Crippen molar-refractivity contribution in [3.8, 4) is 0 Å². The van der Waals surface area contributed by atoms with Gasteiger partial charge in [0.15, 0.2) is 0 Å². The Morgan fingerprint density at radius 1 is 1.44 bits per heavy atom. The van der Waals surface area contributed by atoms with Gasteiger partial charge in [-0.05, 0) is 25.1 Å². The summed E-state index contributed by atoms with van der Waals surface area (Å²) in [5, 5.41) is 2.49. The fourth-order valence-corrected chi connectivity index (χ4v) is 1.79. The molecular formula is C9H11F3N2OS. The molecule has 1 aromatic heterocycles. The van der Waals surface area contributed by atoms with Gasteiger partial charge >= 0.3 is 6.18 Å². The second-order valence-corrected chi connectivity index (χ2v) is 4.14. The third-order valence-corrected chi connectivity index (χ3v) is 2.90. The minimum absolute atomic E-state index is 0.0596. The molecule has 0 saturated carbocycles. The maximum atomic E-state index is 12.2. The molecule has 0 aliphatic rings. The van der Waals surface area contributed by atoms with Crippen LogP contribution in [0.2, 0.25) is 0 Å². The molecular weight excluding hydrogens is 241 g/mol. The third-order valence-electron chi connectivity index (χ3n) is 1.78. The van der Waals surface area contributed by atoms with Crippen molar-refractivity contribution in [3.05, 3.63) is 21.9 Å². The van der Waals surface area contributed by atoms with E-state index in [4.69, 9.17) is 5.73 Å². The quantitative estimate of drug-likeness (QED) is 0.803. The van der Waals surface area contributed by atoms with E-state index in [9.17, 15) is 18.0 Å². The first kappa shape index (κ1) is 13.0. The van der Waals surface area contributed by atoms with Crippen LogP contribution in [0.25, 0.3) is 0 Å². The van der Waals surface area contributed by atoms with Gasteiger partial charge in [0.05, 0.1) is 4.88 Å². The van der Waals surface area contributed by atoms with E-state index < -0.39 is 17.0 Å². The largest absolute Gasteiger partial charge is 0.425 e. The van der Waals surface area contributed by atoms with Gasteiger partial charge in [-0.1, -0.05) is 0 Å². The highest BCUT2D eigenvalue weighted by Crippen LogP contribution is 2.34. The number of nitrogens with two attached hydrogens (primary N) is 1. The van der Waals surface area contributed by atoms with Gasteiger partial charge in [0.2, 0.25) is 0 Å². The lowest BCUT2D eigenvalue weighted by molar-refractivity contribution is -0.134. The molecule has 7 heteroatoms. The molecule has 0 aromatic carbocycles. The average molecular weight is 252 g/mol. The van der Waals surface area contributed by atoms with Crippen LogP contribution in [-0.4, -0.2) is 19.0 Å². The molecule has 0 aliphatic heterocycles. The fourth-order valence-electron chi connectivity index (χ4n) is 1.00. The van der Waals surface area contributed by atoms with E-state index in [0.29, 0.717) is 30.8 Å². The minimum atomic E-state index is -4.39. The van der Waals surface area contributed by atoms with Crippen molar-refractivity contribution in [1.29, 1.82) is 0 Å². The van der Waals surface area contributed by atoms with Gasteiger partial charge in [0, 0.05) is 6.54 Å². The molecule has 0 aliphatic carbocycles. The maximum absolute atomic E-state index is 12.2. The Morgan fingerprint density at radius 3 is 2.62 bits per heavy atom. The van der Waals surface area contributed by atoms with Gasteiger partial charge in [-0.25, -0.2) is 0 Å². The Bertz CT molecular complexity index is 362. The number of amides is 1. The summed E-state index contributed by atoms with van der Waals surface area (Å²) in [5.41, 5.74) is 5.22. The topological polar surface area (TPSA) is 55.1 Å². The van der Waals surface area contributed by atoms with Crippen LogP contribution in [0.3, 0.4) is 0 Å². The molecule has 0 radical (unpaired) electrons. The van der Waals surface area contributed by atoms with Crippen molar-refractivity contribution in [2.24, 2.45) is 5.73 Å². The van der Waals surface area contributed by atoms with Crippen LogP contribution in [0.5, 0.6) is 0 Å². The molecule has 1 heterocycles. The summed E-state index contributed by atoms with van der Waals surface area (Å²) in [6.45, 7) is 0.799. The maximum Gasteiger partial charge on any atom is 0.425 e. The second-order valence-electron chi connectivity index (χ2n) is 3.06. The third kappa shape index (κ3) is 3.49. The molecule has 0 bridgehead atoms. The summed E-state index contributed by atoms with van der Waals surface area (Å²) in [4.78, 5) is 10.6. The van der Waals surface area contributed by atoms with Crippen molar-refractivity contribution in [1.82, 2.24) is 5.32 Å². The first-order valence-corrected chi connectivity index (χ1v) is 5.42. The highest BCUT2D eigenvalue weighted by molar-refractivity contribution is 7.14. The van der Waals surface area contributed by atoms with Gasteiger partial charge in [0.1, 0.15) is 4.88 Å².